The molecule has 0 amide bonds. The van der Waals surface area contributed by atoms with E-state index in [4.69, 9.17) is 15.5 Å². The summed E-state index contributed by atoms with van der Waals surface area (Å²) in [5, 5.41) is 25.2. The summed E-state index contributed by atoms with van der Waals surface area (Å²) in [5.41, 5.74) is 10.4. The van der Waals surface area contributed by atoms with Gasteiger partial charge in [-0.15, -0.1) is 0 Å². The number of nitrogens with one attached hydrogen (secondary N) is 2. The standard InChI is InChI=1S/C30H40N8O3/c1-30(2,35-13-22-25(39)26(40)29(41-22)38-15-34-24-27(31)32-14-33-28(24)38)19-10-16(11-19)6-9-23-36-20-8-7-18(12-21(20)37-23)17-4-3-5-17/h7-8,12,14-17,19,22,25-26,29,35,39-40H,3-6,9-11,13H2,1-2H3,(H,36,37)(H2,31,32,33)/t16?,19?,22-,25-,26-,29-/m1/s1. The molecule has 3 aliphatic rings. The first kappa shape index (κ1) is 26.8. The number of H-pyrrole nitrogens is 1. The fourth-order valence-electron chi connectivity index (χ4n) is 6.78. The van der Waals surface area contributed by atoms with Crippen LogP contribution in [-0.2, 0) is 11.2 Å². The maximum Gasteiger partial charge on any atom is 0.167 e. The molecule has 0 radical (unpaired) electrons. The number of aliphatic hydroxyl groups excluding tert-OH is 2. The van der Waals surface area contributed by atoms with Gasteiger partial charge in [0.2, 0.25) is 0 Å². The molecule has 41 heavy (non-hydrogen) atoms. The molecule has 4 heterocycles. The lowest BCUT2D eigenvalue weighted by Gasteiger charge is -2.46. The van der Waals surface area contributed by atoms with Crippen LogP contribution in [-0.4, -0.2) is 70.1 Å². The number of nitrogen functional groups attached to an aromatic ring is 1. The number of aliphatic hydroxyl groups is 2. The van der Waals surface area contributed by atoms with Gasteiger partial charge in [-0.2, -0.15) is 0 Å². The van der Waals surface area contributed by atoms with Gasteiger partial charge in [-0.3, -0.25) is 4.57 Å². The Morgan fingerprint density at radius 3 is 2.76 bits per heavy atom. The van der Waals surface area contributed by atoms with Crippen LogP contribution >= 0.6 is 0 Å². The highest BCUT2D eigenvalue weighted by Gasteiger charge is 2.46. The van der Waals surface area contributed by atoms with Gasteiger partial charge < -0.3 is 31.0 Å². The number of aryl methyl sites for hydroxylation is 1. The maximum absolute atomic E-state index is 10.8. The summed E-state index contributed by atoms with van der Waals surface area (Å²) in [7, 11) is 0. The molecule has 1 saturated heterocycles. The predicted octanol–water partition coefficient (Wildman–Crippen LogP) is 3.20. The summed E-state index contributed by atoms with van der Waals surface area (Å²) in [6.07, 6.45) is 7.72. The normalized spacial score (nSPS) is 28.8. The quantitative estimate of drug-likeness (QED) is 0.207. The lowest BCUT2D eigenvalue weighted by atomic mass is 9.64. The van der Waals surface area contributed by atoms with Crippen molar-refractivity contribution in [1.29, 1.82) is 0 Å². The van der Waals surface area contributed by atoms with Gasteiger partial charge in [-0.1, -0.05) is 12.5 Å². The van der Waals surface area contributed by atoms with Crippen LogP contribution in [0.4, 0.5) is 5.82 Å². The van der Waals surface area contributed by atoms with E-state index in [-0.39, 0.29) is 11.4 Å². The van der Waals surface area contributed by atoms with Crippen molar-refractivity contribution in [2.45, 2.75) is 94.8 Å². The fraction of sp³-hybridized carbons (Fsp3) is 0.600. The Morgan fingerprint density at radius 1 is 1.15 bits per heavy atom. The van der Waals surface area contributed by atoms with Crippen LogP contribution in [0.2, 0.25) is 0 Å². The van der Waals surface area contributed by atoms with Crippen molar-refractivity contribution >= 4 is 28.0 Å². The Hall–Kier alpha value is -3.12. The number of hydrogen-bond acceptors (Lipinski definition) is 9. The minimum atomic E-state index is -1.12. The molecule has 11 heteroatoms. The highest BCUT2D eigenvalue weighted by molar-refractivity contribution is 5.81. The Bertz CT molecular complexity index is 1540. The van der Waals surface area contributed by atoms with Crippen LogP contribution < -0.4 is 11.1 Å². The van der Waals surface area contributed by atoms with Crippen molar-refractivity contribution in [2.75, 3.05) is 12.3 Å². The molecule has 6 N–H and O–H groups in total. The monoisotopic (exact) mass is 560 g/mol. The molecule has 11 nitrogen and oxygen atoms in total. The highest BCUT2D eigenvalue weighted by atomic mass is 16.6. The molecule has 1 aromatic carbocycles. The number of nitrogens with two attached hydrogens (primary N) is 1. The van der Waals surface area contributed by atoms with Gasteiger partial charge in [0.25, 0.3) is 0 Å². The number of nitrogens with zero attached hydrogens (tertiary/aromatic N) is 5. The summed E-state index contributed by atoms with van der Waals surface area (Å²) in [5.74, 6) is 3.29. The van der Waals surface area contributed by atoms with Gasteiger partial charge in [0.15, 0.2) is 17.7 Å². The van der Waals surface area contributed by atoms with Crippen molar-refractivity contribution < 1.29 is 14.9 Å². The molecule has 4 aromatic rings. The lowest BCUT2D eigenvalue weighted by molar-refractivity contribution is -0.0378. The number of hydrogen-bond donors (Lipinski definition) is 5. The van der Waals surface area contributed by atoms with Crippen LogP contribution in [0.5, 0.6) is 0 Å². The minimum Gasteiger partial charge on any atom is -0.387 e. The first-order chi connectivity index (χ1) is 19.8. The number of imidazole rings is 2. The zero-order chi connectivity index (χ0) is 28.3. The van der Waals surface area contributed by atoms with Gasteiger partial charge in [-0.05, 0) is 81.4 Å². The van der Waals surface area contributed by atoms with Crippen LogP contribution in [0.15, 0.2) is 30.9 Å². The van der Waals surface area contributed by atoms with E-state index in [0.717, 1.165) is 48.5 Å². The van der Waals surface area contributed by atoms with Crippen molar-refractivity contribution in [1.82, 2.24) is 34.8 Å². The molecule has 218 valence electrons. The highest BCUT2D eigenvalue weighted by Crippen LogP contribution is 2.43. The van der Waals surface area contributed by atoms with Crippen molar-refractivity contribution in [3.8, 4) is 0 Å². The molecule has 7 rings (SSSR count). The van der Waals surface area contributed by atoms with Gasteiger partial charge >= 0.3 is 0 Å². The SMILES string of the molecule is CC(C)(NC[C@H]1O[C@@H](n2cnc3c(N)ncnc32)[C@H](O)[C@@H]1O)C1CC(CCc2nc3cc(C4CCC4)ccc3[nH]2)C1. The average molecular weight is 561 g/mol. The Morgan fingerprint density at radius 2 is 1.98 bits per heavy atom. The molecule has 3 aromatic heterocycles. The summed E-state index contributed by atoms with van der Waals surface area (Å²) < 4.78 is 7.73. The molecule has 1 aliphatic heterocycles. The summed E-state index contributed by atoms with van der Waals surface area (Å²) in [6.45, 7) is 4.85. The van der Waals surface area contributed by atoms with Crippen molar-refractivity contribution in [3.63, 3.8) is 0 Å². The third kappa shape index (κ3) is 4.88. The Balaban J connectivity index is 0.905. The Kier molecular flexibility index (Phi) is 6.72. The van der Waals surface area contributed by atoms with Gasteiger partial charge in [0.1, 0.15) is 36.0 Å². The number of aromatic amines is 1. The zero-order valence-electron chi connectivity index (χ0n) is 23.7. The second-order valence-corrected chi connectivity index (χ2v) is 12.9. The van der Waals surface area contributed by atoms with Gasteiger partial charge in [0.05, 0.1) is 17.4 Å². The fourth-order valence-corrected chi connectivity index (χ4v) is 6.78. The summed E-state index contributed by atoms with van der Waals surface area (Å²) in [6, 6.07) is 6.74. The summed E-state index contributed by atoms with van der Waals surface area (Å²) in [4.78, 5) is 20.9. The number of aromatic nitrogens is 6. The van der Waals surface area contributed by atoms with E-state index in [9.17, 15) is 10.2 Å². The molecule has 0 spiro atoms. The number of fused-ring (bicyclic) bond motifs is 2. The molecule has 3 fully saturated rings. The molecular formula is C30H40N8O3. The topological polar surface area (TPSA) is 160 Å². The second kappa shape index (κ2) is 10.3. The van der Waals surface area contributed by atoms with Gasteiger partial charge in [0, 0.05) is 18.5 Å². The van der Waals surface area contributed by atoms with E-state index in [0.29, 0.717) is 29.5 Å². The smallest absolute Gasteiger partial charge is 0.167 e. The molecule has 0 unspecified atom stereocenters. The second-order valence-electron chi connectivity index (χ2n) is 12.9. The average Bonchev–Trinajstić information content (AvgIpc) is 3.57. The number of benzene rings is 1. The predicted molar refractivity (Wildman–Crippen MR) is 155 cm³/mol. The van der Waals surface area contributed by atoms with E-state index in [1.165, 1.54) is 37.5 Å². The first-order valence-electron chi connectivity index (χ1n) is 14.9. The van der Waals surface area contributed by atoms with Crippen LogP contribution in [0.3, 0.4) is 0 Å². The van der Waals surface area contributed by atoms with E-state index in [2.05, 4.69) is 57.3 Å². The zero-order valence-corrected chi connectivity index (χ0v) is 23.7. The maximum atomic E-state index is 10.8. The third-order valence-electron chi connectivity index (χ3n) is 9.94. The first-order valence-corrected chi connectivity index (χ1v) is 14.9. The van der Waals surface area contributed by atoms with Crippen LogP contribution in [0.1, 0.15) is 75.9 Å². The van der Waals surface area contributed by atoms with E-state index in [1.807, 2.05) is 0 Å². The lowest BCUT2D eigenvalue weighted by Crippen LogP contribution is -2.54. The van der Waals surface area contributed by atoms with E-state index < -0.39 is 24.5 Å². The van der Waals surface area contributed by atoms with Crippen molar-refractivity contribution in [3.05, 3.63) is 42.2 Å². The Labute approximate surface area is 239 Å². The molecule has 2 aliphatic carbocycles. The molecule has 0 bridgehead atoms. The van der Waals surface area contributed by atoms with Gasteiger partial charge in [-0.25, -0.2) is 19.9 Å². The van der Waals surface area contributed by atoms with Crippen molar-refractivity contribution in [2.24, 2.45) is 11.8 Å². The molecule has 2 saturated carbocycles. The molecular weight excluding hydrogens is 520 g/mol. The third-order valence-corrected chi connectivity index (χ3v) is 9.94. The minimum absolute atomic E-state index is 0.122. The largest absolute Gasteiger partial charge is 0.387 e. The number of ether oxygens (including phenoxy) is 1. The van der Waals surface area contributed by atoms with E-state index in [1.54, 1.807) is 4.57 Å². The summed E-state index contributed by atoms with van der Waals surface area (Å²) >= 11 is 0. The molecule has 4 atom stereocenters. The van der Waals surface area contributed by atoms with E-state index >= 15 is 0 Å². The van der Waals surface area contributed by atoms with Crippen LogP contribution in [0.25, 0.3) is 22.2 Å². The number of rotatable bonds is 9. The van der Waals surface area contributed by atoms with Crippen LogP contribution in [0, 0.1) is 11.8 Å². The number of anilines is 1.